The van der Waals surface area contributed by atoms with E-state index in [1.165, 1.54) is 44.9 Å². The van der Waals surface area contributed by atoms with Gasteiger partial charge in [0.15, 0.2) is 0 Å². The summed E-state index contributed by atoms with van der Waals surface area (Å²) >= 11 is 0. The van der Waals surface area contributed by atoms with E-state index in [0.29, 0.717) is 12.5 Å². The SMILES string of the molecule is CCCCCCN(CCCCCC)C(=O)C1(CN)CCC1. The summed E-state index contributed by atoms with van der Waals surface area (Å²) < 4.78 is 0. The standard InChI is InChI=1S/C18H36N2O/c1-3-5-7-9-14-20(15-10-8-6-4-2)17(21)18(16-19)12-11-13-18/h3-16,19H2,1-2H3. The molecule has 0 atom stereocenters. The Hall–Kier alpha value is -0.570. The van der Waals surface area contributed by atoms with Crippen LogP contribution in [0.25, 0.3) is 0 Å². The molecule has 1 saturated carbocycles. The first-order valence-corrected chi connectivity index (χ1v) is 9.19. The highest BCUT2D eigenvalue weighted by Gasteiger charge is 2.44. The van der Waals surface area contributed by atoms with Gasteiger partial charge in [0.2, 0.25) is 5.91 Å². The number of nitrogens with two attached hydrogens (primary N) is 1. The van der Waals surface area contributed by atoms with Crippen LogP contribution in [0.1, 0.15) is 84.5 Å². The minimum Gasteiger partial charge on any atom is -0.342 e. The fraction of sp³-hybridized carbons (Fsp3) is 0.944. The minimum atomic E-state index is -0.199. The van der Waals surface area contributed by atoms with E-state index in [2.05, 4.69) is 18.7 Å². The van der Waals surface area contributed by atoms with Crippen LogP contribution in [-0.4, -0.2) is 30.4 Å². The third-order valence-corrected chi connectivity index (χ3v) is 5.01. The highest BCUT2D eigenvalue weighted by Crippen LogP contribution is 2.41. The number of hydrogen-bond acceptors (Lipinski definition) is 2. The minimum absolute atomic E-state index is 0.199. The molecule has 0 aromatic carbocycles. The Balaban J connectivity index is 2.46. The van der Waals surface area contributed by atoms with Crippen molar-refractivity contribution in [3.8, 4) is 0 Å². The van der Waals surface area contributed by atoms with Crippen molar-refractivity contribution in [3.63, 3.8) is 0 Å². The lowest BCUT2D eigenvalue weighted by Gasteiger charge is -2.43. The molecule has 3 nitrogen and oxygen atoms in total. The highest BCUT2D eigenvalue weighted by atomic mass is 16.2. The summed E-state index contributed by atoms with van der Waals surface area (Å²) in [6.45, 7) is 6.86. The number of hydrogen-bond donors (Lipinski definition) is 1. The molecule has 1 amide bonds. The van der Waals surface area contributed by atoms with Crippen LogP contribution in [0.15, 0.2) is 0 Å². The molecule has 1 aliphatic rings. The lowest BCUT2D eigenvalue weighted by molar-refractivity contribution is -0.146. The quantitative estimate of drug-likeness (QED) is 0.551. The fourth-order valence-corrected chi connectivity index (χ4v) is 3.22. The van der Waals surface area contributed by atoms with E-state index < -0.39 is 0 Å². The van der Waals surface area contributed by atoms with Crippen LogP contribution >= 0.6 is 0 Å². The lowest BCUT2D eigenvalue weighted by atomic mass is 9.67. The largest absolute Gasteiger partial charge is 0.342 e. The first kappa shape index (κ1) is 18.5. The Bertz CT molecular complexity index is 269. The van der Waals surface area contributed by atoms with Gasteiger partial charge in [-0.3, -0.25) is 4.79 Å². The molecular weight excluding hydrogens is 260 g/mol. The van der Waals surface area contributed by atoms with Gasteiger partial charge in [-0.1, -0.05) is 58.8 Å². The number of rotatable bonds is 12. The fourth-order valence-electron chi connectivity index (χ4n) is 3.22. The monoisotopic (exact) mass is 296 g/mol. The average Bonchev–Trinajstić information content (AvgIpc) is 2.45. The Morgan fingerprint density at radius 3 is 1.81 bits per heavy atom. The van der Waals surface area contributed by atoms with E-state index in [9.17, 15) is 4.79 Å². The Morgan fingerprint density at radius 1 is 0.952 bits per heavy atom. The van der Waals surface area contributed by atoms with Crippen LogP contribution in [0, 0.1) is 5.41 Å². The number of carbonyl (C=O) groups excluding carboxylic acids is 1. The third kappa shape index (κ3) is 5.61. The summed E-state index contributed by atoms with van der Waals surface area (Å²) in [5.74, 6) is 0.351. The molecule has 124 valence electrons. The van der Waals surface area contributed by atoms with Crippen molar-refractivity contribution >= 4 is 5.91 Å². The molecule has 0 heterocycles. The summed E-state index contributed by atoms with van der Waals surface area (Å²) in [7, 11) is 0. The van der Waals surface area contributed by atoms with Crippen molar-refractivity contribution in [3.05, 3.63) is 0 Å². The second-order valence-electron chi connectivity index (χ2n) is 6.75. The molecule has 1 aliphatic carbocycles. The second-order valence-corrected chi connectivity index (χ2v) is 6.75. The number of amides is 1. The van der Waals surface area contributed by atoms with Crippen LogP contribution in [0.3, 0.4) is 0 Å². The maximum absolute atomic E-state index is 12.9. The van der Waals surface area contributed by atoms with Crippen molar-refractivity contribution < 1.29 is 4.79 Å². The van der Waals surface area contributed by atoms with Gasteiger partial charge in [-0.15, -0.1) is 0 Å². The second kappa shape index (κ2) is 10.2. The maximum atomic E-state index is 12.9. The van der Waals surface area contributed by atoms with Crippen LogP contribution in [0.4, 0.5) is 0 Å². The lowest BCUT2D eigenvalue weighted by Crippen LogP contribution is -2.52. The predicted molar refractivity (Wildman–Crippen MR) is 90.2 cm³/mol. The maximum Gasteiger partial charge on any atom is 0.230 e. The van der Waals surface area contributed by atoms with Crippen molar-refractivity contribution in [1.29, 1.82) is 0 Å². The van der Waals surface area contributed by atoms with E-state index >= 15 is 0 Å². The van der Waals surface area contributed by atoms with E-state index in [1.807, 2.05) is 0 Å². The summed E-state index contributed by atoms with van der Waals surface area (Å²) in [5, 5.41) is 0. The molecule has 1 fully saturated rings. The van der Waals surface area contributed by atoms with Gasteiger partial charge in [0.05, 0.1) is 5.41 Å². The summed E-state index contributed by atoms with van der Waals surface area (Å²) in [5.41, 5.74) is 5.71. The van der Waals surface area contributed by atoms with Gasteiger partial charge in [0.1, 0.15) is 0 Å². The van der Waals surface area contributed by atoms with E-state index in [4.69, 9.17) is 5.73 Å². The van der Waals surface area contributed by atoms with Gasteiger partial charge in [-0.2, -0.15) is 0 Å². The Labute approximate surface area is 131 Å². The molecule has 0 radical (unpaired) electrons. The molecule has 1 rings (SSSR count). The van der Waals surface area contributed by atoms with E-state index in [1.54, 1.807) is 0 Å². The van der Waals surface area contributed by atoms with Crippen molar-refractivity contribution in [2.45, 2.75) is 84.5 Å². The zero-order valence-corrected chi connectivity index (χ0v) is 14.3. The topological polar surface area (TPSA) is 46.3 Å². The number of nitrogens with zero attached hydrogens (tertiary/aromatic N) is 1. The van der Waals surface area contributed by atoms with E-state index in [-0.39, 0.29) is 5.41 Å². The third-order valence-electron chi connectivity index (χ3n) is 5.01. The predicted octanol–water partition coefficient (Wildman–Crippen LogP) is 4.10. The number of carbonyl (C=O) groups is 1. The molecule has 0 unspecified atom stereocenters. The molecule has 0 bridgehead atoms. The summed E-state index contributed by atoms with van der Waals surface area (Å²) in [6, 6.07) is 0. The van der Waals surface area contributed by atoms with Gasteiger partial charge in [0, 0.05) is 19.6 Å². The Morgan fingerprint density at radius 2 is 1.48 bits per heavy atom. The van der Waals surface area contributed by atoms with Gasteiger partial charge < -0.3 is 10.6 Å². The molecule has 2 N–H and O–H groups in total. The molecule has 3 heteroatoms. The summed E-state index contributed by atoms with van der Waals surface area (Å²) in [4.78, 5) is 15.0. The first-order valence-electron chi connectivity index (χ1n) is 9.19. The zero-order valence-electron chi connectivity index (χ0n) is 14.3. The van der Waals surface area contributed by atoms with Crippen LogP contribution in [0.5, 0.6) is 0 Å². The normalized spacial score (nSPS) is 16.5. The molecule has 0 spiro atoms. The molecule has 0 aliphatic heterocycles. The molecule has 0 aromatic heterocycles. The van der Waals surface area contributed by atoms with Crippen LogP contribution in [0.2, 0.25) is 0 Å². The van der Waals surface area contributed by atoms with Crippen LogP contribution < -0.4 is 5.73 Å². The molecule has 0 saturated heterocycles. The van der Waals surface area contributed by atoms with Gasteiger partial charge in [-0.05, 0) is 25.7 Å². The van der Waals surface area contributed by atoms with Crippen molar-refractivity contribution in [2.75, 3.05) is 19.6 Å². The first-order chi connectivity index (χ1) is 10.2. The molecular formula is C18H36N2O. The summed E-state index contributed by atoms with van der Waals surface area (Å²) in [6.07, 6.45) is 13.0. The van der Waals surface area contributed by atoms with Crippen molar-refractivity contribution in [1.82, 2.24) is 4.90 Å². The highest BCUT2D eigenvalue weighted by molar-refractivity contribution is 5.84. The average molecular weight is 296 g/mol. The molecule has 21 heavy (non-hydrogen) atoms. The zero-order chi connectivity index (χ0) is 15.6. The van der Waals surface area contributed by atoms with Crippen LogP contribution in [-0.2, 0) is 4.79 Å². The van der Waals surface area contributed by atoms with Gasteiger partial charge in [-0.25, -0.2) is 0 Å². The smallest absolute Gasteiger partial charge is 0.230 e. The van der Waals surface area contributed by atoms with Crippen molar-refractivity contribution in [2.24, 2.45) is 11.1 Å². The Kier molecular flexibility index (Phi) is 8.98. The van der Waals surface area contributed by atoms with E-state index in [0.717, 1.165) is 38.8 Å². The van der Waals surface area contributed by atoms with Gasteiger partial charge >= 0.3 is 0 Å². The van der Waals surface area contributed by atoms with Gasteiger partial charge in [0.25, 0.3) is 0 Å². The molecule has 0 aromatic rings. The number of unbranched alkanes of at least 4 members (excludes halogenated alkanes) is 6.